The fourth-order valence-electron chi connectivity index (χ4n) is 2.65. The molecule has 0 amide bonds. The van der Waals surface area contributed by atoms with Gasteiger partial charge in [0, 0.05) is 12.6 Å². The maximum absolute atomic E-state index is 12.8. The van der Waals surface area contributed by atoms with Gasteiger partial charge in [0.05, 0.1) is 6.10 Å². The van der Waals surface area contributed by atoms with E-state index in [4.69, 9.17) is 0 Å². The normalized spacial score (nSPS) is 22.9. The Balaban J connectivity index is 1.89. The van der Waals surface area contributed by atoms with Crippen LogP contribution in [0.1, 0.15) is 24.8 Å². The van der Waals surface area contributed by atoms with Crippen molar-refractivity contribution in [2.24, 2.45) is 0 Å². The molecule has 2 unspecified atom stereocenters. The van der Waals surface area contributed by atoms with Gasteiger partial charge >= 0.3 is 0 Å². The number of aliphatic hydroxyl groups is 1. The topological polar surface area (TPSA) is 23.5 Å². The van der Waals surface area contributed by atoms with Crippen molar-refractivity contribution in [2.75, 3.05) is 13.1 Å². The third-order valence-electron chi connectivity index (χ3n) is 3.71. The molecule has 0 bridgehead atoms. The fourth-order valence-corrected chi connectivity index (χ4v) is 2.65. The van der Waals surface area contributed by atoms with E-state index in [0.29, 0.717) is 0 Å². The van der Waals surface area contributed by atoms with Gasteiger partial charge in [-0.2, -0.15) is 0 Å². The van der Waals surface area contributed by atoms with Gasteiger partial charge in [-0.15, -0.1) is 0 Å². The molecule has 3 heteroatoms. The predicted molar refractivity (Wildman–Crippen MR) is 70.7 cm³/mol. The van der Waals surface area contributed by atoms with E-state index in [9.17, 15) is 9.50 Å². The largest absolute Gasteiger partial charge is 0.391 e. The molecule has 0 aliphatic carbocycles. The van der Waals surface area contributed by atoms with Gasteiger partial charge in [0.1, 0.15) is 5.82 Å². The molecule has 1 aromatic rings. The number of halogens is 1. The predicted octanol–water partition coefficient (Wildman–Crippen LogP) is 2.42. The molecule has 1 aromatic carbocycles. The Labute approximate surface area is 108 Å². The lowest BCUT2D eigenvalue weighted by Crippen LogP contribution is -2.46. The minimum atomic E-state index is -0.515. The lowest BCUT2D eigenvalue weighted by Gasteiger charge is -2.37. The van der Waals surface area contributed by atoms with Crippen LogP contribution in [0, 0.1) is 12.7 Å². The maximum atomic E-state index is 12.8. The molecule has 99 valence electrons. The third kappa shape index (κ3) is 3.53. The van der Waals surface area contributed by atoms with E-state index in [1.807, 2.05) is 12.1 Å². The first kappa shape index (κ1) is 13.5. The first-order valence-electron chi connectivity index (χ1n) is 6.66. The summed E-state index contributed by atoms with van der Waals surface area (Å²) in [7, 11) is 0. The van der Waals surface area contributed by atoms with Crippen molar-refractivity contribution in [3.63, 3.8) is 0 Å². The van der Waals surface area contributed by atoms with Crippen LogP contribution < -0.4 is 0 Å². The molecular formula is C15H21FNO. The molecule has 2 nitrogen and oxygen atoms in total. The number of hydrogen-bond donors (Lipinski definition) is 1. The van der Waals surface area contributed by atoms with Gasteiger partial charge in [0.25, 0.3) is 0 Å². The zero-order valence-electron chi connectivity index (χ0n) is 10.7. The summed E-state index contributed by atoms with van der Waals surface area (Å²) in [6, 6.07) is 6.83. The van der Waals surface area contributed by atoms with Crippen LogP contribution in [-0.4, -0.2) is 35.2 Å². The smallest absolute Gasteiger partial charge is 0.123 e. The molecule has 0 aromatic heterocycles. The van der Waals surface area contributed by atoms with Crippen LogP contribution in [0.25, 0.3) is 0 Å². The Kier molecular flexibility index (Phi) is 4.72. The molecule has 18 heavy (non-hydrogen) atoms. The zero-order chi connectivity index (χ0) is 13.0. The SMILES string of the molecule is [CH2]C(O)C1CCCCN1CCc1ccc(F)cc1. The summed E-state index contributed by atoms with van der Waals surface area (Å²) in [5.74, 6) is -0.192. The number of benzene rings is 1. The van der Waals surface area contributed by atoms with Gasteiger partial charge in [-0.25, -0.2) is 4.39 Å². The van der Waals surface area contributed by atoms with Crippen LogP contribution >= 0.6 is 0 Å². The van der Waals surface area contributed by atoms with Crippen molar-refractivity contribution in [1.82, 2.24) is 4.90 Å². The monoisotopic (exact) mass is 250 g/mol. The molecule has 1 aliphatic rings. The third-order valence-corrected chi connectivity index (χ3v) is 3.71. The molecular weight excluding hydrogens is 229 g/mol. The second-order valence-electron chi connectivity index (χ2n) is 5.04. The highest BCUT2D eigenvalue weighted by Gasteiger charge is 2.25. The van der Waals surface area contributed by atoms with E-state index in [2.05, 4.69) is 11.8 Å². The molecule has 1 heterocycles. The second kappa shape index (κ2) is 6.30. The summed E-state index contributed by atoms with van der Waals surface area (Å²) in [6.45, 7) is 5.68. The Morgan fingerprint density at radius 1 is 1.33 bits per heavy atom. The zero-order valence-corrected chi connectivity index (χ0v) is 10.7. The molecule has 0 saturated carbocycles. The van der Waals surface area contributed by atoms with Gasteiger partial charge in [0.15, 0.2) is 0 Å². The van der Waals surface area contributed by atoms with Crippen LogP contribution in [0.2, 0.25) is 0 Å². The van der Waals surface area contributed by atoms with Crippen molar-refractivity contribution in [3.05, 3.63) is 42.6 Å². The highest BCUT2D eigenvalue weighted by molar-refractivity contribution is 5.16. The number of piperidine rings is 1. The first-order chi connectivity index (χ1) is 8.66. The van der Waals surface area contributed by atoms with Crippen LogP contribution in [0.4, 0.5) is 4.39 Å². The van der Waals surface area contributed by atoms with Crippen molar-refractivity contribution in [1.29, 1.82) is 0 Å². The summed E-state index contributed by atoms with van der Waals surface area (Å²) in [5, 5.41) is 9.68. The molecule has 1 N–H and O–H groups in total. The fraction of sp³-hybridized carbons (Fsp3) is 0.533. The number of rotatable bonds is 4. The number of hydrogen-bond acceptors (Lipinski definition) is 2. The Morgan fingerprint density at radius 3 is 2.72 bits per heavy atom. The Morgan fingerprint density at radius 2 is 2.06 bits per heavy atom. The molecule has 1 saturated heterocycles. The average Bonchev–Trinajstić information content (AvgIpc) is 2.38. The molecule has 1 aliphatic heterocycles. The molecule has 1 fully saturated rings. The molecule has 2 atom stereocenters. The van der Waals surface area contributed by atoms with E-state index in [0.717, 1.165) is 31.5 Å². The van der Waals surface area contributed by atoms with Crippen LogP contribution in [0.15, 0.2) is 24.3 Å². The maximum Gasteiger partial charge on any atom is 0.123 e. The van der Waals surface area contributed by atoms with E-state index >= 15 is 0 Å². The van der Waals surface area contributed by atoms with Gasteiger partial charge in [-0.05, 0) is 50.4 Å². The standard InChI is InChI=1S/C15H21FNO/c1-12(18)15-4-2-3-10-17(15)11-9-13-5-7-14(16)8-6-13/h5-8,12,15,18H,1-4,9-11H2. The summed E-state index contributed by atoms with van der Waals surface area (Å²) in [4.78, 5) is 2.31. The highest BCUT2D eigenvalue weighted by atomic mass is 19.1. The summed E-state index contributed by atoms with van der Waals surface area (Å²) in [5.41, 5.74) is 1.14. The lowest BCUT2D eigenvalue weighted by atomic mass is 9.97. The Hall–Kier alpha value is -0.930. The Bertz CT molecular complexity index is 363. The van der Waals surface area contributed by atoms with Crippen molar-refractivity contribution >= 4 is 0 Å². The molecule has 1 radical (unpaired) electrons. The summed E-state index contributed by atoms with van der Waals surface area (Å²) < 4.78 is 12.8. The first-order valence-corrected chi connectivity index (χ1v) is 6.66. The summed E-state index contributed by atoms with van der Waals surface area (Å²) in [6.07, 6.45) is 3.76. The van der Waals surface area contributed by atoms with E-state index in [1.165, 1.54) is 25.0 Å². The lowest BCUT2D eigenvalue weighted by molar-refractivity contribution is 0.0510. The summed E-state index contributed by atoms with van der Waals surface area (Å²) >= 11 is 0. The van der Waals surface area contributed by atoms with Gasteiger partial charge in [0.2, 0.25) is 0 Å². The van der Waals surface area contributed by atoms with Crippen molar-refractivity contribution < 1.29 is 9.50 Å². The van der Waals surface area contributed by atoms with E-state index in [-0.39, 0.29) is 11.9 Å². The highest BCUT2D eigenvalue weighted by Crippen LogP contribution is 2.20. The number of likely N-dealkylation sites (tertiary alicyclic amines) is 1. The van der Waals surface area contributed by atoms with Crippen molar-refractivity contribution in [2.45, 2.75) is 37.8 Å². The molecule has 0 spiro atoms. The van der Waals surface area contributed by atoms with Gasteiger partial charge in [-0.3, -0.25) is 4.90 Å². The van der Waals surface area contributed by atoms with Crippen LogP contribution in [-0.2, 0) is 6.42 Å². The van der Waals surface area contributed by atoms with Gasteiger partial charge < -0.3 is 5.11 Å². The quantitative estimate of drug-likeness (QED) is 0.887. The van der Waals surface area contributed by atoms with E-state index < -0.39 is 6.10 Å². The van der Waals surface area contributed by atoms with E-state index in [1.54, 1.807) is 0 Å². The second-order valence-corrected chi connectivity index (χ2v) is 5.04. The van der Waals surface area contributed by atoms with Crippen LogP contribution in [0.5, 0.6) is 0 Å². The number of nitrogens with zero attached hydrogens (tertiary/aromatic N) is 1. The molecule has 2 rings (SSSR count). The van der Waals surface area contributed by atoms with Crippen LogP contribution in [0.3, 0.4) is 0 Å². The van der Waals surface area contributed by atoms with Gasteiger partial charge in [-0.1, -0.05) is 18.6 Å². The number of aliphatic hydroxyl groups excluding tert-OH is 1. The minimum Gasteiger partial charge on any atom is -0.391 e. The minimum absolute atomic E-state index is 0.180. The average molecular weight is 250 g/mol. The van der Waals surface area contributed by atoms with Crippen molar-refractivity contribution in [3.8, 4) is 0 Å².